The van der Waals surface area contributed by atoms with E-state index in [9.17, 15) is 9.59 Å². The van der Waals surface area contributed by atoms with Crippen molar-refractivity contribution in [3.8, 4) is 5.75 Å². The van der Waals surface area contributed by atoms with E-state index in [1.165, 1.54) is 18.2 Å². The lowest BCUT2D eigenvalue weighted by atomic mass is 10.1. The van der Waals surface area contributed by atoms with E-state index in [1.54, 1.807) is 18.2 Å². The number of esters is 2. The van der Waals surface area contributed by atoms with Gasteiger partial charge in [-0.15, -0.1) is 0 Å². The van der Waals surface area contributed by atoms with Crippen LogP contribution in [0.2, 0.25) is 0 Å². The van der Waals surface area contributed by atoms with Gasteiger partial charge in [0.2, 0.25) is 0 Å². The van der Waals surface area contributed by atoms with Crippen molar-refractivity contribution in [1.29, 1.82) is 0 Å². The number of para-hydroxylation sites is 1. The molecule has 0 radical (unpaired) electrons. The molecule has 2 rings (SSSR count). The minimum Gasteiger partial charge on any atom is -0.426 e. The van der Waals surface area contributed by atoms with Crippen LogP contribution in [0.3, 0.4) is 0 Å². The number of hydrogen-bond donors (Lipinski definition) is 0. The highest BCUT2D eigenvalue weighted by Crippen LogP contribution is 2.39. The molecule has 0 bridgehead atoms. The van der Waals surface area contributed by atoms with E-state index in [2.05, 4.69) is 16.7 Å². The molecule has 0 amide bonds. The van der Waals surface area contributed by atoms with E-state index in [1.807, 2.05) is 21.6 Å². The first-order valence-corrected chi connectivity index (χ1v) is 10.4. The lowest BCUT2D eigenvalue weighted by Crippen LogP contribution is -2.13. The Labute approximate surface area is 155 Å². The van der Waals surface area contributed by atoms with Crippen molar-refractivity contribution in [2.75, 3.05) is 12.5 Å². The molecule has 1 aromatic rings. The van der Waals surface area contributed by atoms with Crippen LogP contribution in [0.15, 0.2) is 29.4 Å². The lowest BCUT2D eigenvalue weighted by molar-refractivity contribution is -0.134. The fourth-order valence-electron chi connectivity index (χ4n) is 2.30. The number of carbonyl (C=O) groups excluding carboxylic acids is 2. The Morgan fingerprint density at radius 1 is 1.28 bits per heavy atom. The van der Waals surface area contributed by atoms with Gasteiger partial charge < -0.3 is 14.3 Å². The Morgan fingerprint density at radius 2 is 2.12 bits per heavy atom. The molecule has 0 spiro atoms. The molecule has 0 saturated carbocycles. The number of benzene rings is 1. The molecule has 1 aromatic carbocycles. The predicted molar refractivity (Wildman–Crippen MR) is 99.9 cm³/mol. The molecule has 136 valence electrons. The van der Waals surface area contributed by atoms with Crippen LogP contribution in [0.25, 0.3) is 0 Å². The Hall–Kier alpha value is -1.67. The van der Waals surface area contributed by atoms with E-state index < -0.39 is 5.97 Å². The van der Waals surface area contributed by atoms with Crippen LogP contribution in [-0.4, -0.2) is 36.5 Å². The average molecular weight is 383 g/mol. The maximum atomic E-state index is 12.0. The van der Waals surface area contributed by atoms with Crippen LogP contribution in [0.4, 0.5) is 0 Å². The molecule has 1 heterocycles. The average Bonchev–Trinajstić information content (AvgIpc) is 3.13. The summed E-state index contributed by atoms with van der Waals surface area (Å²) in [7, 11) is 3.87. The molecule has 8 heteroatoms. The van der Waals surface area contributed by atoms with Crippen molar-refractivity contribution in [3.05, 3.63) is 29.8 Å². The summed E-state index contributed by atoms with van der Waals surface area (Å²) in [5.74, 6) is 0.408. The summed E-state index contributed by atoms with van der Waals surface area (Å²) >= 11 is 0. The highest BCUT2D eigenvalue weighted by molar-refractivity contribution is 8.77. The Balaban J connectivity index is 1.77. The minimum absolute atomic E-state index is 0.169. The van der Waals surface area contributed by atoms with Gasteiger partial charge >= 0.3 is 11.9 Å². The Kier molecular flexibility index (Phi) is 8.68. The van der Waals surface area contributed by atoms with Crippen LogP contribution in [-0.2, 0) is 14.4 Å². The van der Waals surface area contributed by atoms with Crippen molar-refractivity contribution in [1.82, 2.24) is 0 Å². The number of carbonyl (C=O) groups is 2. The monoisotopic (exact) mass is 383 g/mol. The molecule has 1 saturated heterocycles. The molecule has 1 aliphatic heterocycles. The van der Waals surface area contributed by atoms with Crippen LogP contribution in [0.1, 0.15) is 42.5 Å². The molecule has 0 N–H and O–H groups in total. The summed E-state index contributed by atoms with van der Waals surface area (Å²) in [4.78, 5) is 28.5. The van der Waals surface area contributed by atoms with Gasteiger partial charge in [0.1, 0.15) is 11.3 Å². The zero-order valence-electron chi connectivity index (χ0n) is 13.8. The van der Waals surface area contributed by atoms with Gasteiger partial charge in [-0.3, -0.25) is 4.79 Å². The van der Waals surface area contributed by atoms with Gasteiger partial charge in [-0.05, 0) is 31.4 Å². The van der Waals surface area contributed by atoms with Gasteiger partial charge in [0.25, 0.3) is 6.79 Å². The van der Waals surface area contributed by atoms with Gasteiger partial charge in [0.15, 0.2) is 0 Å². The molecule has 0 unspecified atom stereocenters. The maximum Gasteiger partial charge on any atom is 0.344 e. The first kappa shape index (κ1) is 19.7. The molecule has 6 nitrogen and oxygen atoms in total. The second-order valence-electron chi connectivity index (χ2n) is 5.35. The maximum absolute atomic E-state index is 12.0. The van der Waals surface area contributed by atoms with Crippen LogP contribution < -0.4 is 4.74 Å². The van der Waals surface area contributed by atoms with E-state index in [0.29, 0.717) is 11.7 Å². The van der Waals surface area contributed by atoms with Crippen molar-refractivity contribution >= 4 is 40.2 Å². The fourth-order valence-corrected chi connectivity index (χ4v) is 5.33. The van der Waals surface area contributed by atoms with Gasteiger partial charge in [-0.25, -0.2) is 4.79 Å². The van der Waals surface area contributed by atoms with Crippen molar-refractivity contribution in [2.24, 2.45) is 5.16 Å². The summed E-state index contributed by atoms with van der Waals surface area (Å²) < 4.78 is 10.2. The molecule has 1 atom stereocenters. The third-order valence-corrected chi connectivity index (χ3v) is 6.56. The summed E-state index contributed by atoms with van der Waals surface area (Å²) in [6.45, 7) is 2.77. The molecule has 25 heavy (non-hydrogen) atoms. The summed E-state index contributed by atoms with van der Waals surface area (Å²) in [6, 6.07) is 6.45. The minimum atomic E-state index is -0.650. The first-order valence-electron chi connectivity index (χ1n) is 8.04. The van der Waals surface area contributed by atoms with E-state index >= 15 is 0 Å². The third kappa shape index (κ3) is 6.99. The summed E-state index contributed by atoms with van der Waals surface area (Å²) in [6.07, 6.45) is 4.50. The number of oxime groups is 1. The van der Waals surface area contributed by atoms with Crippen LogP contribution in [0, 0.1) is 0 Å². The van der Waals surface area contributed by atoms with Gasteiger partial charge in [0, 0.05) is 24.1 Å². The molecular weight excluding hydrogens is 362 g/mol. The third-order valence-electron chi connectivity index (χ3n) is 3.55. The van der Waals surface area contributed by atoms with E-state index in [4.69, 9.17) is 9.47 Å². The first-order chi connectivity index (χ1) is 12.2. The molecular formula is C17H21NO5S2. The number of ether oxygens (including phenoxy) is 2. The zero-order chi connectivity index (χ0) is 17.9. The normalized spacial score (nSPS) is 16.2. The fraction of sp³-hybridized carbons (Fsp3) is 0.471. The summed E-state index contributed by atoms with van der Waals surface area (Å²) in [5, 5.41) is 3.84. The SMILES string of the molecule is C=NOCOC(=O)c1ccccc1OC(=O)CCCC[C@H]1CCSS1. The largest absolute Gasteiger partial charge is 0.426 e. The quantitative estimate of drug-likeness (QED) is 0.115. The molecule has 1 fully saturated rings. The second kappa shape index (κ2) is 11.0. The molecule has 0 aliphatic carbocycles. The molecule has 1 aliphatic rings. The highest BCUT2D eigenvalue weighted by atomic mass is 33.1. The van der Waals surface area contributed by atoms with Crippen molar-refractivity contribution in [2.45, 2.75) is 37.4 Å². The Morgan fingerprint density at radius 3 is 2.88 bits per heavy atom. The standard InChI is InChI=1S/C17H21NO5S2/c1-18-22-12-21-17(20)14-7-3-4-8-15(14)23-16(19)9-5-2-6-13-10-11-24-25-13/h3-4,7-8,13H,1-2,5-6,9-12H2/t13-/m0/s1. The van der Waals surface area contributed by atoms with Crippen molar-refractivity contribution < 1.29 is 23.9 Å². The predicted octanol–water partition coefficient (Wildman–Crippen LogP) is 4.05. The van der Waals surface area contributed by atoms with Gasteiger partial charge in [-0.2, -0.15) is 0 Å². The topological polar surface area (TPSA) is 74.2 Å². The molecule has 0 aromatic heterocycles. The van der Waals surface area contributed by atoms with Crippen LogP contribution >= 0.6 is 21.6 Å². The second-order valence-corrected chi connectivity index (χ2v) is 8.14. The number of rotatable bonds is 10. The van der Waals surface area contributed by atoms with Gasteiger partial charge in [-0.1, -0.05) is 45.3 Å². The Bertz CT molecular complexity index is 590. The smallest absolute Gasteiger partial charge is 0.344 e. The zero-order valence-corrected chi connectivity index (χ0v) is 15.5. The lowest BCUT2D eigenvalue weighted by Gasteiger charge is -2.10. The van der Waals surface area contributed by atoms with E-state index in [-0.39, 0.29) is 24.1 Å². The van der Waals surface area contributed by atoms with Gasteiger partial charge in [0.05, 0.1) is 0 Å². The number of unbranched alkanes of at least 4 members (excludes halogenated alkanes) is 1. The van der Waals surface area contributed by atoms with Crippen molar-refractivity contribution in [3.63, 3.8) is 0 Å². The van der Waals surface area contributed by atoms with E-state index in [0.717, 1.165) is 19.3 Å². The van der Waals surface area contributed by atoms with Crippen LogP contribution in [0.5, 0.6) is 5.75 Å². The number of hydrogen-bond acceptors (Lipinski definition) is 8. The number of nitrogens with zero attached hydrogens (tertiary/aromatic N) is 1. The summed E-state index contributed by atoms with van der Waals surface area (Å²) in [5.41, 5.74) is 0.169. The highest BCUT2D eigenvalue weighted by Gasteiger charge is 2.18.